The minimum atomic E-state index is -0.465. The zero-order chi connectivity index (χ0) is 11.4. The Bertz CT molecular complexity index is 343. The molecule has 0 aliphatic carbocycles. The van der Waals surface area contributed by atoms with Gasteiger partial charge in [0, 0.05) is 5.69 Å². The third-order valence-electron chi connectivity index (χ3n) is 2.13. The molecular weight excluding hydrogens is 190 g/mol. The van der Waals surface area contributed by atoms with Crippen LogP contribution in [0.4, 0.5) is 5.82 Å². The summed E-state index contributed by atoms with van der Waals surface area (Å²) in [7, 11) is 0. The first-order valence-electron chi connectivity index (χ1n) is 5.04. The van der Waals surface area contributed by atoms with Crippen molar-refractivity contribution in [2.24, 2.45) is 5.73 Å². The highest BCUT2D eigenvalue weighted by Gasteiger charge is 2.11. The number of nitrogens with one attached hydrogen (secondary N) is 1. The molecule has 0 radical (unpaired) electrons. The number of carbonyl (C=O) groups excluding carboxylic acids is 1. The molecule has 0 aromatic carbocycles. The number of rotatable bonds is 3. The molecule has 1 heterocycles. The maximum absolute atomic E-state index is 11.5. The highest BCUT2D eigenvalue weighted by atomic mass is 16.2. The largest absolute Gasteiger partial charge is 0.320 e. The van der Waals surface area contributed by atoms with Crippen LogP contribution in [0, 0.1) is 13.8 Å². The van der Waals surface area contributed by atoms with Crippen LogP contribution in [0.1, 0.15) is 24.6 Å². The molecule has 0 saturated heterocycles. The van der Waals surface area contributed by atoms with E-state index in [2.05, 4.69) is 10.3 Å². The Balaban J connectivity index is 2.76. The van der Waals surface area contributed by atoms with Crippen LogP contribution in [0.15, 0.2) is 12.1 Å². The molecule has 1 rings (SSSR count). The molecule has 1 amide bonds. The van der Waals surface area contributed by atoms with Crippen molar-refractivity contribution in [2.75, 3.05) is 5.32 Å². The van der Waals surface area contributed by atoms with E-state index in [1.807, 2.05) is 32.9 Å². The molecule has 0 aliphatic heterocycles. The lowest BCUT2D eigenvalue weighted by atomic mass is 10.2. The van der Waals surface area contributed by atoms with E-state index in [-0.39, 0.29) is 5.91 Å². The minimum Gasteiger partial charge on any atom is -0.320 e. The number of hydrogen-bond acceptors (Lipinski definition) is 3. The summed E-state index contributed by atoms with van der Waals surface area (Å²) in [6.07, 6.45) is 0.622. The van der Waals surface area contributed by atoms with Gasteiger partial charge in [-0.1, -0.05) is 6.92 Å². The molecule has 15 heavy (non-hydrogen) atoms. The van der Waals surface area contributed by atoms with Crippen LogP contribution in [0.25, 0.3) is 0 Å². The van der Waals surface area contributed by atoms with Gasteiger partial charge < -0.3 is 11.1 Å². The van der Waals surface area contributed by atoms with E-state index in [9.17, 15) is 4.79 Å². The van der Waals surface area contributed by atoms with Crippen LogP contribution in [0.2, 0.25) is 0 Å². The van der Waals surface area contributed by atoms with Gasteiger partial charge in [-0.05, 0) is 38.0 Å². The Morgan fingerprint density at radius 2 is 2.20 bits per heavy atom. The van der Waals surface area contributed by atoms with Crippen molar-refractivity contribution < 1.29 is 4.79 Å². The number of hydrogen-bond donors (Lipinski definition) is 2. The molecule has 1 aromatic rings. The van der Waals surface area contributed by atoms with Gasteiger partial charge in [-0.15, -0.1) is 0 Å². The fourth-order valence-corrected chi connectivity index (χ4v) is 1.31. The van der Waals surface area contributed by atoms with Gasteiger partial charge in [0.1, 0.15) is 5.82 Å². The van der Waals surface area contributed by atoms with E-state index in [0.29, 0.717) is 12.2 Å². The van der Waals surface area contributed by atoms with Gasteiger partial charge in [0.05, 0.1) is 6.04 Å². The maximum Gasteiger partial charge on any atom is 0.242 e. The molecule has 4 heteroatoms. The molecule has 3 N–H and O–H groups in total. The number of nitrogens with two attached hydrogens (primary N) is 1. The summed E-state index contributed by atoms with van der Waals surface area (Å²) < 4.78 is 0. The quantitative estimate of drug-likeness (QED) is 0.786. The predicted molar refractivity (Wildman–Crippen MR) is 60.6 cm³/mol. The van der Waals surface area contributed by atoms with Gasteiger partial charge in [0.25, 0.3) is 0 Å². The van der Waals surface area contributed by atoms with Crippen molar-refractivity contribution in [2.45, 2.75) is 33.2 Å². The molecule has 82 valence electrons. The normalized spacial score (nSPS) is 12.3. The molecule has 1 atom stereocenters. The van der Waals surface area contributed by atoms with Crippen molar-refractivity contribution in [3.63, 3.8) is 0 Å². The van der Waals surface area contributed by atoms with E-state index in [1.54, 1.807) is 0 Å². The minimum absolute atomic E-state index is 0.185. The summed E-state index contributed by atoms with van der Waals surface area (Å²) in [4.78, 5) is 15.7. The molecule has 0 aliphatic rings. The van der Waals surface area contributed by atoms with Crippen molar-refractivity contribution in [3.8, 4) is 0 Å². The van der Waals surface area contributed by atoms with E-state index >= 15 is 0 Å². The molecule has 1 unspecified atom stereocenters. The molecule has 0 fully saturated rings. The topological polar surface area (TPSA) is 68.0 Å². The lowest BCUT2D eigenvalue weighted by Gasteiger charge is -2.10. The molecule has 0 saturated carbocycles. The fraction of sp³-hybridized carbons (Fsp3) is 0.455. The Kier molecular flexibility index (Phi) is 3.80. The van der Waals surface area contributed by atoms with E-state index in [1.165, 1.54) is 0 Å². The van der Waals surface area contributed by atoms with Crippen molar-refractivity contribution >= 4 is 11.7 Å². The lowest BCUT2D eigenvalue weighted by Crippen LogP contribution is -2.35. The molecule has 0 bridgehead atoms. The molecule has 1 aromatic heterocycles. The number of aryl methyl sites for hydroxylation is 2. The molecule has 4 nitrogen and oxygen atoms in total. The van der Waals surface area contributed by atoms with Crippen LogP contribution in [0.3, 0.4) is 0 Å². The van der Waals surface area contributed by atoms with Crippen molar-refractivity contribution in [1.29, 1.82) is 0 Å². The summed E-state index contributed by atoms with van der Waals surface area (Å²) in [5, 5.41) is 2.70. The van der Waals surface area contributed by atoms with Crippen LogP contribution in [-0.4, -0.2) is 16.9 Å². The third kappa shape index (κ3) is 3.32. The number of nitrogens with zero attached hydrogens (tertiary/aromatic N) is 1. The second-order valence-corrected chi connectivity index (χ2v) is 3.68. The van der Waals surface area contributed by atoms with Crippen LogP contribution in [0.5, 0.6) is 0 Å². The summed E-state index contributed by atoms with van der Waals surface area (Å²) in [6, 6.07) is 3.32. The van der Waals surface area contributed by atoms with Gasteiger partial charge >= 0.3 is 0 Å². The predicted octanol–water partition coefficient (Wildman–Crippen LogP) is 1.37. The number of anilines is 1. The number of aromatic nitrogens is 1. The standard InChI is InChI=1S/C11H17N3O/c1-4-9(12)11(15)14-10-6-7(2)5-8(3)13-10/h5-6,9H,4,12H2,1-3H3,(H,13,14,15). The van der Waals surface area contributed by atoms with Gasteiger partial charge in [0.15, 0.2) is 0 Å². The van der Waals surface area contributed by atoms with E-state index in [0.717, 1.165) is 11.3 Å². The Hall–Kier alpha value is -1.42. The SMILES string of the molecule is CCC(N)C(=O)Nc1cc(C)cc(C)n1. The average Bonchev–Trinajstić information content (AvgIpc) is 2.14. The number of amides is 1. The highest BCUT2D eigenvalue weighted by molar-refractivity contribution is 5.93. The van der Waals surface area contributed by atoms with Crippen LogP contribution < -0.4 is 11.1 Å². The molecule has 0 spiro atoms. The monoisotopic (exact) mass is 207 g/mol. The second-order valence-electron chi connectivity index (χ2n) is 3.68. The lowest BCUT2D eigenvalue weighted by molar-refractivity contribution is -0.117. The molecular formula is C11H17N3O. The van der Waals surface area contributed by atoms with Gasteiger partial charge in [-0.25, -0.2) is 4.98 Å². The van der Waals surface area contributed by atoms with Crippen LogP contribution >= 0.6 is 0 Å². The van der Waals surface area contributed by atoms with Crippen molar-refractivity contribution in [3.05, 3.63) is 23.4 Å². The maximum atomic E-state index is 11.5. The number of carbonyl (C=O) groups is 1. The number of pyridine rings is 1. The Morgan fingerprint density at radius 3 is 2.73 bits per heavy atom. The first kappa shape index (κ1) is 11.7. The van der Waals surface area contributed by atoms with Gasteiger partial charge in [0.2, 0.25) is 5.91 Å². The third-order valence-corrected chi connectivity index (χ3v) is 2.13. The first-order chi connectivity index (χ1) is 7.02. The first-order valence-corrected chi connectivity index (χ1v) is 5.04. The summed E-state index contributed by atoms with van der Waals surface area (Å²) in [5.41, 5.74) is 7.56. The van der Waals surface area contributed by atoms with Crippen molar-refractivity contribution in [1.82, 2.24) is 4.98 Å². The van der Waals surface area contributed by atoms with Gasteiger partial charge in [-0.3, -0.25) is 4.79 Å². The van der Waals surface area contributed by atoms with E-state index in [4.69, 9.17) is 5.73 Å². The van der Waals surface area contributed by atoms with E-state index < -0.39 is 6.04 Å². The van der Waals surface area contributed by atoms with Gasteiger partial charge in [-0.2, -0.15) is 0 Å². The average molecular weight is 207 g/mol. The smallest absolute Gasteiger partial charge is 0.242 e. The second kappa shape index (κ2) is 4.89. The Labute approximate surface area is 89.9 Å². The fourth-order valence-electron chi connectivity index (χ4n) is 1.31. The summed E-state index contributed by atoms with van der Waals surface area (Å²) >= 11 is 0. The zero-order valence-electron chi connectivity index (χ0n) is 9.37. The summed E-state index contributed by atoms with van der Waals surface area (Å²) in [6.45, 7) is 5.73. The highest BCUT2D eigenvalue weighted by Crippen LogP contribution is 2.09. The van der Waals surface area contributed by atoms with Crippen LogP contribution in [-0.2, 0) is 4.79 Å². The Morgan fingerprint density at radius 1 is 1.53 bits per heavy atom. The summed E-state index contributed by atoms with van der Waals surface area (Å²) in [5.74, 6) is 0.386. The zero-order valence-corrected chi connectivity index (χ0v) is 9.37.